The van der Waals surface area contributed by atoms with Crippen LogP contribution in [-0.4, -0.2) is 21.1 Å². The second kappa shape index (κ2) is 5.27. The van der Waals surface area contributed by atoms with Crippen molar-refractivity contribution in [3.8, 4) is 0 Å². The molecule has 2 N–H and O–H groups in total. The van der Waals surface area contributed by atoms with Crippen LogP contribution < -0.4 is 5.73 Å². The maximum atomic E-state index is 5.63. The fourth-order valence-electron chi connectivity index (χ4n) is 1.95. The smallest absolute Gasteiger partial charge is 0.159 e. The Morgan fingerprint density at radius 3 is 2.94 bits per heavy atom. The minimum absolute atomic E-state index is 0.630. The molecule has 0 aromatic carbocycles. The Morgan fingerprint density at radius 2 is 2.24 bits per heavy atom. The van der Waals surface area contributed by atoms with Crippen LogP contribution in [0.2, 0.25) is 0 Å². The van der Waals surface area contributed by atoms with E-state index in [4.69, 9.17) is 5.73 Å². The number of rotatable bonds is 5. The van der Waals surface area contributed by atoms with Crippen molar-refractivity contribution in [2.45, 2.75) is 33.2 Å². The molecule has 0 amide bonds. The van der Waals surface area contributed by atoms with Gasteiger partial charge in [-0.1, -0.05) is 13.8 Å². The van der Waals surface area contributed by atoms with Crippen molar-refractivity contribution in [3.05, 3.63) is 24.2 Å². The molecule has 0 aliphatic heterocycles. The fourth-order valence-corrected chi connectivity index (χ4v) is 1.95. The Hall–Kier alpha value is -1.42. The van der Waals surface area contributed by atoms with E-state index in [0.29, 0.717) is 12.5 Å². The van der Waals surface area contributed by atoms with Crippen LogP contribution in [0.15, 0.2) is 18.3 Å². The summed E-state index contributed by atoms with van der Waals surface area (Å²) >= 11 is 0. The molecule has 92 valence electrons. The Kier molecular flexibility index (Phi) is 3.74. The van der Waals surface area contributed by atoms with Gasteiger partial charge in [-0.05, 0) is 31.0 Å². The average molecular weight is 232 g/mol. The van der Waals surface area contributed by atoms with Gasteiger partial charge in [-0.3, -0.25) is 0 Å². The van der Waals surface area contributed by atoms with E-state index in [1.165, 1.54) is 0 Å². The van der Waals surface area contributed by atoms with Gasteiger partial charge >= 0.3 is 0 Å². The molecule has 0 radical (unpaired) electrons. The molecule has 17 heavy (non-hydrogen) atoms. The first-order valence-corrected chi connectivity index (χ1v) is 6.22. The molecule has 2 rings (SSSR count). The zero-order chi connectivity index (χ0) is 12.3. The summed E-state index contributed by atoms with van der Waals surface area (Å²) in [5.41, 5.74) is 7.59. The van der Waals surface area contributed by atoms with E-state index in [1.54, 1.807) is 0 Å². The maximum Gasteiger partial charge on any atom is 0.159 e. The van der Waals surface area contributed by atoms with Gasteiger partial charge < -0.3 is 10.3 Å². The number of imidazole rings is 1. The topological polar surface area (TPSA) is 56.7 Å². The zero-order valence-electron chi connectivity index (χ0n) is 10.6. The number of pyridine rings is 1. The summed E-state index contributed by atoms with van der Waals surface area (Å²) in [6.07, 6.45) is 3.77. The molecule has 0 bridgehead atoms. The van der Waals surface area contributed by atoms with E-state index in [0.717, 1.165) is 36.4 Å². The summed E-state index contributed by atoms with van der Waals surface area (Å²) in [7, 11) is 0. The third-order valence-corrected chi connectivity index (χ3v) is 2.88. The molecule has 0 aliphatic rings. The highest BCUT2D eigenvalue weighted by Gasteiger charge is 2.10. The first-order chi connectivity index (χ1) is 8.22. The summed E-state index contributed by atoms with van der Waals surface area (Å²) in [5, 5.41) is 0. The van der Waals surface area contributed by atoms with Gasteiger partial charge in [0.2, 0.25) is 0 Å². The van der Waals surface area contributed by atoms with Crippen LogP contribution in [0.5, 0.6) is 0 Å². The predicted molar refractivity (Wildman–Crippen MR) is 69.7 cm³/mol. The number of hydrogen-bond donors (Lipinski definition) is 1. The molecular formula is C13H20N4. The molecule has 0 unspecified atom stereocenters. The number of fused-ring (bicyclic) bond motifs is 1. The molecular weight excluding hydrogens is 212 g/mol. The third-order valence-electron chi connectivity index (χ3n) is 2.88. The van der Waals surface area contributed by atoms with Gasteiger partial charge in [0.05, 0.1) is 0 Å². The predicted octanol–water partition coefficient (Wildman–Crippen LogP) is 1.98. The van der Waals surface area contributed by atoms with E-state index in [1.807, 2.05) is 18.3 Å². The summed E-state index contributed by atoms with van der Waals surface area (Å²) in [6, 6.07) is 3.93. The molecule has 2 aromatic heterocycles. The Labute approximate surface area is 102 Å². The number of aromatic nitrogens is 3. The Bertz CT molecular complexity index is 487. The first-order valence-electron chi connectivity index (χ1n) is 6.22. The van der Waals surface area contributed by atoms with E-state index in [-0.39, 0.29) is 0 Å². The fraction of sp³-hybridized carbons (Fsp3) is 0.538. The summed E-state index contributed by atoms with van der Waals surface area (Å²) in [4.78, 5) is 9.02. The van der Waals surface area contributed by atoms with E-state index in [2.05, 4.69) is 28.4 Å². The van der Waals surface area contributed by atoms with E-state index in [9.17, 15) is 0 Å². The number of nitrogens with zero attached hydrogens (tertiary/aromatic N) is 3. The van der Waals surface area contributed by atoms with Crippen LogP contribution >= 0.6 is 0 Å². The van der Waals surface area contributed by atoms with Gasteiger partial charge in [-0.15, -0.1) is 0 Å². The molecule has 0 saturated heterocycles. The van der Waals surface area contributed by atoms with Gasteiger partial charge in [0.1, 0.15) is 11.3 Å². The third kappa shape index (κ3) is 2.64. The largest absolute Gasteiger partial charge is 0.330 e. The number of hydrogen-bond acceptors (Lipinski definition) is 3. The summed E-state index contributed by atoms with van der Waals surface area (Å²) in [6.45, 7) is 6.07. The molecule has 2 heterocycles. The minimum Gasteiger partial charge on any atom is -0.330 e. The van der Waals surface area contributed by atoms with Gasteiger partial charge in [-0.25, -0.2) is 9.97 Å². The average Bonchev–Trinajstić information content (AvgIpc) is 2.64. The molecule has 0 atom stereocenters. The van der Waals surface area contributed by atoms with E-state index >= 15 is 0 Å². The SMILES string of the molecule is CC(C)CCn1c(CCN)nc2cccnc21. The minimum atomic E-state index is 0.630. The highest BCUT2D eigenvalue weighted by molar-refractivity contribution is 5.71. The molecule has 0 aliphatic carbocycles. The van der Waals surface area contributed by atoms with Crippen molar-refractivity contribution in [1.29, 1.82) is 0 Å². The van der Waals surface area contributed by atoms with Crippen LogP contribution in [-0.2, 0) is 13.0 Å². The Balaban J connectivity index is 2.37. The molecule has 2 aromatic rings. The lowest BCUT2D eigenvalue weighted by Crippen LogP contribution is -2.11. The lowest BCUT2D eigenvalue weighted by molar-refractivity contribution is 0.510. The Morgan fingerprint density at radius 1 is 1.41 bits per heavy atom. The second-order valence-corrected chi connectivity index (χ2v) is 4.75. The molecule has 0 fully saturated rings. The van der Waals surface area contributed by atoms with Crippen molar-refractivity contribution < 1.29 is 0 Å². The second-order valence-electron chi connectivity index (χ2n) is 4.75. The van der Waals surface area contributed by atoms with Crippen LogP contribution in [0.3, 0.4) is 0 Å². The number of aryl methyl sites for hydroxylation is 1. The molecule has 4 nitrogen and oxygen atoms in total. The molecule has 0 saturated carbocycles. The van der Waals surface area contributed by atoms with Crippen LogP contribution in [0.25, 0.3) is 11.2 Å². The van der Waals surface area contributed by atoms with Gasteiger partial charge in [0.15, 0.2) is 5.65 Å². The van der Waals surface area contributed by atoms with Gasteiger partial charge in [0.25, 0.3) is 0 Å². The quantitative estimate of drug-likeness (QED) is 0.857. The molecule has 4 heteroatoms. The summed E-state index contributed by atoms with van der Waals surface area (Å²) in [5.74, 6) is 1.74. The first kappa shape index (κ1) is 12.0. The highest BCUT2D eigenvalue weighted by Crippen LogP contribution is 2.15. The van der Waals surface area contributed by atoms with Crippen LogP contribution in [0, 0.1) is 5.92 Å². The maximum absolute atomic E-state index is 5.63. The van der Waals surface area contributed by atoms with E-state index < -0.39 is 0 Å². The normalized spacial score (nSPS) is 11.5. The summed E-state index contributed by atoms with van der Waals surface area (Å²) < 4.78 is 2.21. The monoisotopic (exact) mass is 232 g/mol. The van der Waals surface area contributed by atoms with Gasteiger partial charge in [0, 0.05) is 19.2 Å². The van der Waals surface area contributed by atoms with Crippen molar-refractivity contribution in [2.75, 3.05) is 6.54 Å². The highest BCUT2D eigenvalue weighted by atomic mass is 15.1. The zero-order valence-corrected chi connectivity index (χ0v) is 10.6. The lowest BCUT2D eigenvalue weighted by atomic mass is 10.1. The van der Waals surface area contributed by atoms with Crippen molar-refractivity contribution >= 4 is 11.2 Å². The van der Waals surface area contributed by atoms with Crippen molar-refractivity contribution in [3.63, 3.8) is 0 Å². The number of nitrogens with two attached hydrogens (primary N) is 1. The molecule has 0 spiro atoms. The lowest BCUT2D eigenvalue weighted by Gasteiger charge is -2.09. The van der Waals surface area contributed by atoms with Crippen LogP contribution in [0.1, 0.15) is 26.1 Å². The standard InChI is InChI=1S/C13H20N4/c1-10(2)6-9-17-12(5-7-14)16-11-4-3-8-15-13(11)17/h3-4,8,10H,5-7,9,14H2,1-2H3. The van der Waals surface area contributed by atoms with Crippen molar-refractivity contribution in [1.82, 2.24) is 14.5 Å². The van der Waals surface area contributed by atoms with Crippen LogP contribution in [0.4, 0.5) is 0 Å². The van der Waals surface area contributed by atoms with Gasteiger partial charge in [-0.2, -0.15) is 0 Å². The van der Waals surface area contributed by atoms with Crippen molar-refractivity contribution in [2.24, 2.45) is 11.7 Å².